The van der Waals surface area contributed by atoms with Gasteiger partial charge in [0.05, 0.1) is 24.3 Å². The molecule has 1 aliphatic rings. The summed E-state index contributed by atoms with van der Waals surface area (Å²) in [4.78, 5) is 12.4. The third-order valence-electron chi connectivity index (χ3n) is 2.74. The fraction of sp³-hybridized carbons (Fsp3) is 0.583. The number of esters is 1. The zero-order chi connectivity index (χ0) is 13.0. The minimum absolute atomic E-state index is 0.0981. The molecule has 1 aliphatic heterocycles. The molecule has 2 rings (SSSR count). The predicted molar refractivity (Wildman–Crippen MR) is 71.0 cm³/mol. The van der Waals surface area contributed by atoms with Crippen molar-refractivity contribution in [2.24, 2.45) is 0 Å². The van der Waals surface area contributed by atoms with E-state index >= 15 is 0 Å². The Kier molecular flexibility index (Phi) is 4.57. The lowest BCUT2D eigenvalue weighted by Crippen LogP contribution is -2.39. The molecule has 0 bridgehead atoms. The van der Waals surface area contributed by atoms with Gasteiger partial charge in [0, 0.05) is 19.5 Å². The lowest BCUT2D eigenvalue weighted by molar-refractivity contribution is 0.0289. The quantitative estimate of drug-likeness (QED) is 0.800. The number of nitrogens with one attached hydrogen (secondary N) is 1. The topological polar surface area (TPSA) is 73.6 Å². The van der Waals surface area contributed by atoms with Crippen molar-refractivity contribution in [3.8, 4) is 0 Å². The molecule has 0 aliphatic carbocycles. The van der Waals surface area contributed by atoms with E-state index in [1.54, 1.807) is 6.92 Å². The van der Waals surface area contributed by atoms with Gasteiger partial charge in [0.15, 0.2) is 0 Å². The van der Waals surface area contributed by atoms with Gasteiger partial charge < -0.3 is 20.5 Å². The highest BCUT2D eigenvalue weighted by atomic mass is 32.1. The molecule has 5 nitrogen and oxygen atoms in total. The average Bonchev–Trinajstić information content (AvgIpc) is 2.72. The number of anilines is 1. The van der Waals surface area contributed by atoms with Gasteiger partial charge in [-0.05, 0) is 18.6 Å². The van der Waals surface area contributed by atoms with Crippen LogP contribution in [0.25, 0.3) is 0 Å². The van der Waals surface area contributed by atoms with Gasteiger partial charge in [-0.2, -0.15) is 0 Å². The van der Waals surface area contributed by atoms with Crippen LogP contribution in [0.5, 0.6) is 0 Å². The van der Waals surface area contributed by atoms with Crippen LogP contribution in [0.4, 0.5) is 5.00 Å². The van der Waals surface area contributed by atoms with E-state index in [4.69, 9.17) is 15.2 Å². The number of rotatable bonds is 4. The van der Waals surface area contributed by atoms with E-state index < -0.39 is 0 Å². The zero-order valence-corrected chi connectivity index (χ0v) is 11.2. The average molecular weight is 270 g/mol. The summed E-state index contributed by atoms with van der Waals surface area (Å²) in [6, 6.07) is 1.84. The summed E-state index contributed by atoms with van der Waals surface area (Å²) in [5.74, 6) is -0.294. The maximum absolute atomic E-state index is 11.8. The first-order chi connectivity index (χ1) is 8.70. The highest BCUT2D eigenvalue weighted by molar-refractivity contribution is 7.17. The summed E-state index contributed by atoms with van der Waals surface area (Å²) in [6.45, 7) is 4.56. The third kappa shape index (κ3) is 3.22. The second-order valence-corrected chi connectivity index (χ2v) is 5.21. The fourth-order valence-corrected chi connectivity index (χ4v) is 2.82. The monoisotopic (exact) mass is 270 g/mol. The number of carbonyl (C=O) groups is 1. The van der Waals surface area contributed by atoms with Gasteiger partial charge >= 0.3 is 5.97 Å². The fourth-order valence-electron chi connectivity index (χ4n) is 1.97. The van der Waals surface area contributed by atoms with E-state index in [0.717, 1.165) is 18.7 Å². The summed E-state index contributed by atoms with van der Waals surface area (Å²) < 4.78 is 10.7. The number of nitrogens with two attached hydrogens (primary N) is 1. The Labute approximate surface area is 110 Å². The highest BCUT2D eigenvalue weighted by Crippen LogP contribution is 2.27. The smallest absolute Gasteiger partial charge is 0.348 e. The van der Waals surface area contributed by atoms with Gasteiger partial charge in [-0.25, -0.2) is 4.79 Å². The van der Waals surface area contributed by atoms with Crippen molar-refractivity contribution in [2.75, 3.05) is 32.0 Å². The molecule has 0 spiro atoms. The van der Waals surface area contributed by atoms with Crippen LogP contribution in [0, 0.1) is 0 Å². The Morgan fingerprint density at radius 1 is 1.72 bits per heavy atom. The summed E-state index contributed by atoms with van der Waals surface area (Å²) in [6.07, 6.45) is 0.787. The first-order valence-corrected chi connectivity index (χ1v) is 6.90. The molecule has 1 aromatic heterocycles. The van der Waals surface area contributed by atoms with Crippen molar-refractivity contribution in [1.82, 2.24) is 5.32 Å². The summed E-state index contributed by atoms with van der Waals surface area (Å²) in [5.41, 5.74) is 6.69. The van der Waals surface area contributed by atoms with E-state index in [2.05, 4.69) is 5.32 Å². The largest absolute Gasteiger partial charge is 0.462 e. The number of morpholine rings is 1. The molecule has 1 aromatic rings. The molecule has 100 valence electrons. The first kappa shape index (κ1) is 13.3. The summed E-state index contributed by atoms with van der Waals surface area (Å²) in [7, 11) is 0. The Bertz CT molecular complexity index is 413. The number of ether oxygens (including phenoxy) is 2. The standard InChI is InChI=1S/C12H18N2O3S/c1-2-16-12(15)11-8(6-10(13)18-11)5-9-7-14-3-4-17-9/h6,9,14H,2-5,7,13H2,1H3. The molecule has 0 amide bonds. The molecule has 1 saturated heterocycles. The Morgan fingerprint density at radius 2 is 2.56 bits per heavy atom. The van der Waals surface area contributed by atoms with Crippen LogP contribution < -0.4 is 11.1 Å². The van der Waals surface area contributed by atoms with Crippen molar-refractivity contribution in [1.29, 1.82) is 0 Å². The Hall–Kier alpha value is -1.11. The number of thiophene rings is 1. The minimum Gasteiger partial charge on any atom is -0.462 e. The van der Waals surface area contributed by atoms with Crippen molar-refractivity contribution in [3.05, 3.63) is 16.5 Å². The maximum Gasteiger partial charge on any atom is 0.348 e. The number of carbonyl (C=O) groups excluding carboxylic acids is 1. The molecule has 3 N–H and O–H groups in total. The van der Waals surface area contributed by atoms with Crippen molar-refractivity contribution in [3.63, 3.8) is 0 Å². The highest BCUT2D eigenvalue weighted by Gasteiger charge is 2.21. The number of hydrogen-bond acceptors (Lipinski definition) is 6. The van der Waals surface area contributed by atoms with Crippen LogP contribution in [-0.4, -0.2) is 38.4 Å². The second kappa shape index (κ2) is 6.17. The second-order valence-electron chi connectivity index (χ2n) is 4.12. The van der Waals surface area contributed by atoms with E-state index in [1.807, 2.05) is 6.07 Å². The van der Waals surface area contributed by atoms with Gasteiger partial charge in [0.25, 0.3) is 0 Å². The predicted octanol–water partition coefficient (Wildman–Crippen LogP) is 1.04. The van der Waals surface area contributed by atoms with Crippen molar-refractivity contribution < 1.29 is 14.3 Å². The molecule has 18 heavy (non-hydrogen) atoms. The van der Waals surface area contributed by atoms with Gasteiger partial charge in [0.2, 0.25) is 0 Å². The van der Waals surface area contributed by atoms with Crippen molar-refractivity contribution in [2.45, 2.75) is 19.4 Å². The molecule has 2 heterocycles. The third-order valence-corrected chi connectivity index (χ3v) is 3.73. The molecule has 0 saturated carbocycles. The first-order valence-electron chi connectivity index (χ1n) is 6.08. The van der Waals surface area contributed by atoms with Crippen LogP contribution in [0.3, 0.4) is 0 Å². The van der Waals surface area contributed by atoms with Crippen LogP contribution in [-0.2, 0) is 15.9 Å². The number of hydrogen-bond donors (Lipinski definition) is 2. The molecule has 0 radical (unpaired) electrons. The SMILES string of the molecule is CCOC(=O)c1sc(N)cc1CC1CNCCO1. The van der Waals surface area contributed by atoms with Gasteiger partial charge in [0.1, 0.15) is 4.88 Å². The van der Waals surface area contributed by atoms with E-state index in [-0.39, 0.29) is 12.1 Å². The van der Waals surface area contributed by atoms with Gasteiger partial charge in [-0.15, -0.1) is 11.3 Å². The van der Waals surface area contributed by atoms with Gasteiger partial charge in [-0.1, -0.05) is 0 Å². The molecule has 1 fully saturated rings. The molecule has 6 heteroatoms. The van der Waals surface area contributed by atoms with E-state index in [9.17, 15) is 4.79 Å². The Morgan fingerprint density at radius 3 is 3.22 bits per heavy atom. The molecule has 0 aromatic carbocycles. The summed E-state index contributed by atoms with van der Waals surface area (Å²) in [5, 5.41) is 3.90. The minimum atomic E-state index is -0.294. The number of nitrogen functional groups attached to an aromatic ring is 1. The lowest BCUT2D eigenvalue weighted by atomic mass is 10.1. The lowest BCUT2D eigenvalue weighted by Gasteiger charge is -2.23. The molecule has 1 atom stereocenters. The van der Waals surface area contributed by atoms with E-state index in [1.165, 1.54) is 11.3 Å². The van der Waals surface area contributed by atoms with Crippen LogP contribution in [0.15, 0.2) is 6.07 Å². The van der Waals surface area contributed by atoms with E-state index in [0.29, 0.717) is 29.5 Å². The van der Waals surface area contributed by atoms with Crippen LogP contribution in [0.2, 0.25) is 0 Å². The van der Waals surface area contributed by atoms with Crippen LogP contribution >= 0.6 is 11.3 Å². The van der Waals surface area contributed by atoms with Crippen molar-refractivity contribution >= 4 is 22.3 Å². The molecular formula is C12H18N2O3S. The summed E-state index contributed by atoms with van der Waals surface area (Å²) >= 11 is 1.28. The molecule has 1 unspecified atom stereocenters. The molecular weight excluding hydrogens is 252 g/mol. The normalized spacial score (nSPS) is 19.7. The maximum atomic E-state index is 11.8. The van der Waals surface area contributed by atoms with Gasteiger partial charge in [-0.3, -0.25) is 0 Å². The van der Waals surface area contributed by atoms with Crippen LogP contribution in [0.1, 0.15) is 22.2 Å². The Balaban J connectivity index is 2.08. The zero-order valence-electron chi connectivity index (χ0n) is 10.4.